The van der Waals surface area contributed by atoms with Crippen molar-refractivity contribution in [1.29, 1.82) is 0 Å². The average molecular weight is 236 g/mol. The van der Waals surface area contributed by atoms with E-state index in [1.165, 1.54) is 0 Å². The highest BCUT2D eigenvalue weighted by atomic mass is 19.4. The molecule has 0 radical (unpaired) electrons. The minimum atomic E-state index is -4.67. The number of carbonyl (C=O) groups excluding carboxylic acids is 1. The Kier molecular flexibility index (Phi) is 2.66. The molecule has 2 heterocycles. The zero-order valence-corrected chi connectivity index (χ0v) is 7.95. The summed E-state index contributed by atoms with van der Waals surface area (Å²) in [5.74, 6) is -2.83. The van der Waals surface area contributed by atoms with E-state index in [-0.39, 0.29) is 31.3 Å². The van der Waals surface area contributed by atoms with Crippen LogP contribution < -0.4 is 0 Å². The molecule has 0 aromatic carbocycles. The number of ether oxygens (including phenoxy) is 1. The van der Waals surface area contributed by atoms with Gasteiger partial charge in [0.2, 0.25) is 5.89 Å². The molecule has 0 N–H and O–H groups in total. The van der Waals surface area contributed by atoms with Crippen molar-refractivity contribution in [3.63, 3.8) is 0 Å². The van der Waals surface area contributed by atoms with Crippen LogP contribution in [0.1, 0.15) is 24.1 Å². The molecule has 1 fully saturated rings. The highest BCUT2D eigenvalue weighted by Gasteiger charge is 2.39. The maximum absolute atomic E-state index is 12.2. The Labute approximate surface area is 87.6 Å². The molecule has 8 heteroatoms. The number of rotatable bonds is 1. The van der Waals surface area contributed by atoms with Crippen LogP contribution in [0.3, 0.4) is 0 Å². The lowest BCUT2D eigenvalue weighted by Gasteiger charge is -2.17. The zero-order valence-electron chi connectivity index (χ0n) is 7.95. The fourth-order valence-electron chi connectivity index (χ4n) is 1.34. The molecular weight excluding hydrogens is 229 g/mol. The lowest BCUT2D eigenvalue weighted by Crippen LogP contribution is -2.26. The van der Waals surface area contributed by atoms with Gasteiger partial charge in [-0.3, -0.25) is 4.79 Å². The lowest BCUT2D eigenvalue weighted by molar-refractivity contribution is -0.146. The third kappa shape index (κ3) is 2.06. The summed E-state index contributed by atoms with van der Waals surface area (Å²) in [5, 5.41) is 2.78. The molecule has 0 bridgehead atoms. The van der Waals surface area contributed by atoms with Crippen LogP contribution in [-0.2, 0) is 15.7 Å². The number of hydrogen-bond donors (Lipinski definition) is 0. The van der Waals surface area contributed by atoms with Crippen molar-refractivity contribution in [2.75, 3.05) is 13.2 Å². The Morgan fingerprint density at radius 2 is 2.12 bits per heavy atom. The van der Waals surface area contributed by atoms with E-state index >= 15 is 0 Å². The first-order valence-corrected chi connectivity index (χ1v) is 4.50. The first-order chi connectivity index (χ1) is 7.48. The SMILES string of the molecule is O=C1CCOCC1c1nc(C(F)(F)F)no1. The van der Waals surface area contributed by atoms with E-state index < -0.39 is 17.9 Å². The molecule has 1 aromatic rings. The minimum Gasteiger partial charge on any atom is -0.380 e. The molecule has 1 aromatic heterocycles. The molecule has 1 aliphatic rings. The molecule has 16 heavy (non-hydrogen) atoms. The van der Waals surface area contributed by atoms with Gasteiger partial charge < -0.3 is 9.26 Å². The van der Waals surface area contributed by atoms with E-state index in [0.29, 0.717) is 0 Å². The van der Waals surface area contributed by atoms with Gasteiger partial charge in [-0.2, -0.15) is 18.2 Å². The van der Waals surface area contributed by atoms with Gasteiger partial charge >= 0.3 is 6.18 Å². The standard InChI is InChI=1S/C8H7F3N2O3/c9-8(10,11)7-12-6(16-13-7)4-3-15-2-1-5(4)14/h4H,1-3H2. The average Bonchev–Trinajstić information content (AvgIpc) is 2.66. The largest absolute Gasteiger partial charge is 0.455 e. The first kappa shape index (κ1) is 11.1. The van der Waals surface area contributed by atoms with Gasteiger partial charge in [0.05, 0.1) is 13.2 Å². The van der Waals surface area contributed by atoms with Crippen LogP contribution >= 0.6 is 0 Å². The lowest BCUT2D eigenvalue weighted by atomic mass is 10.0. The first-order valence-electron chi connectivity index (χ1n) is 4.50. The van der Waals surface area contributed by atoms with Crippen molar-refractivity contribution >= 4 is 5.78 Å². The number of aromatic nitrogens is 2. The van der Waals surface area contributed by atoms with Gasteiger partial charge in [-0.25, -0.2) is 0 Å². The van der Waals surface area contributed by atoms with E-state index in [4.69, 9.17) is 4.74 Å². The molecule has 0 saturated carbocycles. The van der Waals surface area contributed by atoms with Crippen molar-refractivity contribution in [3.05, 3.63) is 11.7 Å². The molecule has 1 aliphatic heterocycles. The van der Waals surface area contributed by atoms with Crippen LogP contribution in [-0.4, -0.2) is 29.1 Å². The summed E-state index contributed by atoms with van der Waals surface area (Å²) in [6, 6.07) is 0. The van der Waals surface area contributed by atoms with Crippen molar-refractivity contribution in [2.45, 2.75) is 18.5 Å². The van der Waals surface area contributed by atoms with Crippen LogP contribution in [0.25, 0.3) is 0 Å². The number of carbonyl (C=O) groups is 1. The summed E-state index contributed by atoms with van der Waals surface area (Å²) >= 11 is 0. The van der Waals surface area contributed by atoms with Gasteiger partial charge in [-0.05, 0) is 0 Å². The molecule has 2 rings (SSSR count). The van der Waals surface area contributed by atoms with E-state index in [9.17, 15) is 18.0 Å². The van der Waals surface area contributed by atoms with Crippen LogP contribution in [0.5, 0.6) is 0 Å². The van der Waals surface area contributed by atoms with Gasteiger partial charge in [0.1, 0.15) is 11.7 Å². The van der Waals surface area contributed by atoms with E-state index in [1.807, 2.05) is 0 Å². The van der Waals surface area contributed by atoms with Gasteiger partial charge in [0, 0.05) is 6.42 Å². The Morgan fingerprint density at radius 3 is 2.69 bits per heavy atom. The molecule has 0 amide bonds. The Morgan fingerprint density at radius 1 is 1.38 bits per heavy atom. The summed E-state index contributed by atoms with van der Waals surface area (Å²) in [6.45, 7) is 0.258. The maximum Gasteiger partial charge on any atom is 0.455 e. The molecule has 0 spiro atoms. The number of Topliss-reactive ketones (excluding diaryl/α,β-unsaturated/α-hetero) is 1. The van der Waals surface area contributed by atoms with Gasteiger partial charge in [0.15, 0.2) is 0 Å². The van der Waals surface area contributed by atoms with E-state index in [1.54, 1.807) is 0 Å². The zero-order chi connectivity index (χ0) is 11.8. The molecule has 1 unspecified atom stereocenters. The number of halogens is 3. The second kappa shape index (κ2) is 3.85. The Balaban J connectivity index is 2.21. The third-order valence-corrected chi connectivity index (χ3v) is 2.16. The molecule has 5 nitrogen and oxygen atoms in total. The summed E-state index contributed by atoms with van der Waals surface area (Å²) in [7, 11) is 0. The minimum absolute atomic E-state index is 0.0156. The normalized spacial score (nSPS) is 22.4. The van der Waals surface area contributed by atoms with Gasteiger partial charge in [-0.15, -0.1) is 0 Å². The van der Waals surface area contributed by atoms with Crippen LogP contribution in [0, 0.1) is 0 Å². The second-order valence-electron chi connectivity index (χ2n) is 3.30. The number of alkyl halides is 3. The summed E-state index contributed by atoms with van der Waals surface area (Å²) in [6.07, 6.45) is -4.52. The monoisotopic (exact) mass is 236 g/mol. The number of ketones is 1. The smallest absolute Gasteiger partial charge is 0.380 e. The molecule has 1 saturated heterocycles. The summed E-state index contributed by atoms with van der Waals surface area (Å²) < 4.78 is 45.9. The fourth-order valence-corrected chi connectivity index (χ4v) is 1.34. The van der Waals surface area contributed by atoms with Crippen LogP contribution in [0.4, 0.5) is 13.2 Å². The van der Waals surface area contributed by atoms with Crippen molar-refractivity contribution < 1.29 is 27.2 Å². The number of nitrogens with zero attached hydrogens (tertiary/aromatic N) is 2. The van der Waals surface area contributed by atoms with Crippen molar-refractivity contribution in [2.24, 2.45) is 0 Å². The quantitative estimate of drug-likeness (QED) is 0.732. The van der Waals surface area contributed by atoms with Gasteiger partial charge in [-0.1, -0.05) is 5.16 Å². The van der Waals surface area contributed by atoms with Crippen LogP contribution in [0.15, 0.2) is 4.52 Å². The van der Waals surface area contributed by atoms with Gasteiger partial charge in [0.25, 0.3) is 5.82 Å². The predicted octanol–water partition coefficient (Wildman–Crippen LogP) is 1.16. The molecule has 0 aliphatic carbocycles. The topological polar surface area (TPSA) is 65.2 Å². The molecular formula is C8H7F3N2O3. The van der Waals surface area contributed by atoms with Crippen molar-refractivity contribution in [3.8, 4) is 0 Å². The van der Waals surface area contributed by atoms with Crippen molar-refractivity contribution in [1.82, 2.24) is 10.1 Å². The number of hydrogen-bond acceptors (Lipinski definition) is 5. The second-order valence-corrected chi connectivity index (χ2v) is 3.30. The highest BCUT2D eigenvalue weighted by molar-refractivity contribution is 5.85. The maximum atomic E-state index is 12.2. The van der Waals surface area contributed by atoms with E-state index in [2.05, 4.69) is 14.7 Å². The molecule has 88 valence electrons. The predicted molar refractivity (Wildman–Crippen MR) is 42.5 cm³/mol. The summed E-state index contributed by atoms with van der Waals surface area (Å²) in [4.78, 5) is 14.5. The Hall–Kier alpha value is -1.44. The fraction of sp³-hybridized carbons (Fsp3) is 0.625. The Bertz CT molecular complexity index is 401. The summed E-state index contributed by atoms with van der Waals surface area (Å²) in [5.41, 5.74) is 0. The third-order valence-electron chi connectivity index (χ3n) is 2.16. The van der Waals surface area contributed by atoms with Crippen LogP contribution in [0.2, 0.25) is 0 Å². The van der Waals surface area contributed by atoms with E-state index in [0.717, 1.165) is 0 Å². The molecule has 1 atom stereocenters. The highest BCUT2D eigenvalue weighted by Crippen LogP contribution is 2.28.